The summed E-state index contributed by atoms with van der Waals surface area (Å²) in [5.41, 5.74) is 9.49. The minimum atomic E-state index is -0.524. The summed E-state index contributed by atoms with van der Waals surface area (Å²) in [6.45, 7) is 0.430. The van der Waals surface area contributed by atoms with Gasteiger partial charge in [0.2, 0.25) is 5.91 Å². The highest BCUT2D eigenvalue weighted by Crippen LogP contribution is 2.23. The molecule has 0 bridgehead atoms. The van der Waals surface area contributed by atoms with Crippen LogP contribution < -0.4 is 16.6 Å². The number of hydrogen-bond acceptors (Lipinski definition) is 6. The summed E-state index contributed by atoms with van der Waals surface area (Å²) < 4.78 is 3.09. The van der Waals surface area contributed by atoms with Crippen LogP contribution in [0.3, 0.4) is 0 Å². The van der Waals surface area contributed by atoms with E-state index < -0.39 is 5.91 Å². The van der Waals surface area contributed by atoms with Crippen molar-refractivity contribution in [2.45, 2.75) is 26.1 Å². The Kier molecular flexibility index (Phi) is 7.46. The number of halogens is 1. The molecule has 0 aliphatic heterocycles. The van der Waals surface area contributed by atoms with Gasteiger partial charge in [-0.1, -0.05) is 23.7 Å². The zero-order valence-electron chi connectivity index (χ0n) is 20.8. The standard InChI is InChI=1S/C28H24ClN7O3/c29-21-5-7-25-23(11-21)24(34-36(25)17-26(30)37)15-33-28(39)20-10-19(12-31-14-20)9-18-4-6-22(32-13-18)16-35-8-2-1-3-27(35)38/h1-8,10-14H,9,15-17H2,(H2,30,37)(H,33,39). The summed E-state index contributed by atoms with van der Waals surface area (Å²) in [5.74, 6) is -0.838. The van der Waals surface area contributed by atoms with Gasteiger partial charge in [-0.25, -0.2) is 0 Å². The van der Waals surface area contributed by atoms with Crippen LogP contribution in [0, 0.1) is 0 Å². The SMILES string of the molecule is NC(=O)Cn1nc(CNC(=O)c2cncc(Cc3ccc(Cn4ccccc4=O)nc3)c2)c2cc(Cl)ccc21. The molecular weight excluding hydrogens is 518 g/mol. The molecule has 10 nitrogen and oxygen atoms in total. The second-order valence-corrected chi connectivity index (χ2v) is 9.43. The molecule has 0 aliphatic rings. The lowest BCUT2D eigenvalue weighted by Gasteiger charge is -2.08. The predicted molar refractivity (Wildman–Crippen MR) is 146 cm³/mol. The second kappa shape index (κ2) is 11.3. The largest absolute Gasteiger partial charge is 0.368 e. The fourth-order valence-corrected chi connectivity index (χ4v) is 4.42. The lowest BCUT2D eigenvalue weighted by atomic mass is 10.1. The minimum Gasteiger partial charge on any atom is -0.368 e. The lowest BCUT2D eigenvalue weighted by Crippen LogP contribution is -2.24. The van der Waals surface area contributed by atoms with E-state index in [0.29, 0.717) is 34.8 Å². The maximum atomic E-state index is 12.9. The average Bonchev–Trinajstić information content (AvgIpc) is 3.25. The number of nitrogens with one attached hydrogen (secondary N) is 1. The molecule has 3 N–H and O–H groups in total. The van der Waals surface area contributed by atoms with Crippen molar-refractivity contribution in [3.8, 4) is 0 Å². The highest BCUT2D eigenvalue weighted by atomic mass is 35.5. The fraction of sp³-hybridized carbons (Fsp3) is 0.143. The number of nitrogens with two attached hydrogens (primary N) is 1. The van der Waals surface area contributed by atoms with Crippen molar-refractivity contribution in [1.29, 1.82) is 0 Å². The monoisotopic (exact) mass is 541 g/mol. The third kappa shape index (κ3) is 6.19. The van der Waals surface area contributed by atoms with Crippen molar-refractivity contribution in [2.24, 2.45) is 5.73 Å². The topological polar surface area (TPSA) is 138 Å². The summed E-state index contributed by atoms with van der Waals surface area (Å²) in [5, 5.41) is 8.56. The number of fused-ring (bicyclic) bond motifs is 1. The first kappa shape index (κ1) is 25.8. The number of nitrogens with zero attached hydrogens (tertiary/aromatic N) is 5. The number of hydrogen-bond donors (Lipinski definition) is 2. The molecule has 0 radical (unpaired) electrons. The van der Waals surface area contributed by atoms with Gasteiger partial charge in [-0.3, -0.25) is 29.0 Å². The summed E-state index contributed by atoms with van der Waals surface area (Å²) >= 11 is 6.16. The molecule has 0 unspecified atom stereocenters. The molecule has 0 spiro atoms. The van der Waals surface area contributed by atoms with Gasteiger partial charge in [0.1, 0.15) is 6.54 Å². The van der Waals surface area contributed by atoms with Gasteiger partial charge < -0.3 is 15.6 Å². The van der Waals surface area contributed by atoms with Gasteiger partial charge in [-0.2, -0.15) is 5.10 Å². The van der Waals surface area contributed by atoms with Crippen molar-refractivity contribution in [2.75, 3.05) is 0 Å². The molecule has 196 valence electrons. The van der Waals surface area contributed by atoms with E-state index in [1.54, 1.807) is 59.6 Å². The summed E-state index contributed by atoms with van der Waals surface area (Å²) in [6.07, 6.45) is 7.22. The summed E-state index contributed by atoms with van der Waals surface area (Å²) in [6, 6.07) is 15.8. The predicted octanol–water partition coefficient (Wildman–Crippen LogP) is 2.70. The van der Waals surface area contributed by atoms with Crippen molar-refractivity contribution in [1.82, 2.24) is 29.6 Å². The van der Waals surface area contributed by atoms with Gasteiger partial charge in [-0.15, -0.1) is 0 Å². The molecule has 39 heavy (non-hydrogen) atoms. The zero-order valence-corrected chi connectivity index (χ0v) is 21.5. The molecule has 0 saturated carbocycles. The summed E-state index contributed by atoms with van der Waals surface area (Å²) in [7, 11) is 0. The lowest BCUT2D eigenvalue weighted by molar-refractivity contribution is -0.118. The molecule has 2 amide bonds. The fourth-order valence-electron chi connectivity index (χ4n) is 4.25. The number of primary amides is 1. The van der Waals surface area contributed by atoms with Crippen LogP contribution in [0.5, 0.6) is 0 Å². The Labute approximate surface area is 228 Å². The Morgan fingerprint density at radius 3 is 2.64 bits per heavy atom. The van der Waals surface area contributed by atoms with Crippen LogP contribution in [0.15, 0.2) is 84.2 Å². The summed E-state index contributed by atoms with van der Waals surface area (Å²) in [4.78, 5) is 45.0. The van der Waals surface area contributed by atoms with Crippen molar-refractivity contribution >= 4 is 34.3 Å². The molecule has 5 aromatic rings. The molecule has 4 heterocycles. The van der Waals surface area contributed by atoms with E-state index in [9.17, 15) is 14.4 Å². The van der Waals surface area contributed by atoms with Gasteiger partial charge in [0.15, 0.2) is 0 Å². The van der Waals surface area contributed by atoms with Gasteiger partial charge in [0, 0.05) is 47.7 Å². The molecule has 5 rings (SSSR count). The molecule has 0 atom stereocenters. The number of rotatable bonds is 9. The first-order valence-electron chi connectivity index (χ1n) is 12.1. The highest BCUT2D eigenvalue weighted by molar-refractivity contribution is 6.31. The Balaban J connectivity index is 1.25. The van der Waals surface area contributed by atoms with Crippen LogP contribution in [0.25, 0.3) is 10.9 Å². The van der Waals surface area contributed by atoms with Gasteiger partial charge >= 0.3 is 0 Å². The Morgan fingerprint density at radius 2 is 1.87 bits per heavy atom. The molecular formula is C28H24ClN7O3. The van der Waals surface area contributed by atoms with Gasteiger partial charge in [0.05, 0.1) is 35.6 Å². The normalized spacial score (nSPS) is 11.0. The number of carbonyl (C=O) groups is 2. The Hall–Kier alpha value is -4.83. The Morgan fingerprint density at radius 1 is 1.00 bits per heavy atom. The highest BCUT2D eigenvalue weighted by Gasteiger charge is 2.15. The van der Waals surface area contributed by atoms with E-state index in [2.05, 4.69) is 20.4 Å². The van der Waals surface area contributed by atoms with Crippen LogP contribution in [0.1, 0.15) is 32.9 Å². The quantitative estimate of drug-likeness (QED) is 0.294. The average molecular weight is 542 g/mol. The smallest absolute Gasteiger partial charge is 0.253 e. The van der Waals surface area contributed by atoms with Crippen LogP contribution >= 0.6 is 11.6 Å². The minimum absolute atomic E-state index is 0.0828. The van der Waals surface area contributed by atoms with Crippen molar-refractivity contribution in [3.63, 3.8) is 0 Å². The van der Waals surface area contributed by atoms with E-state index in [0.717, 1.165) is 22.2 Å². The van der Waals surface area contributed by atoms with Crippen LogP contribution in [-0.4, -0.2) is 36.1 Å². The first-order chi connectivity index (χ1) is 18.9. The molecule has 0 saturated heterocycles. The van der Waals surface area contributed by atoms with Crippen LogP contribution in [0.4, 0.5) is 0 Å². The maximum Gasteiger partial charge on any atom is 0.253 e. The second-order valence-electron chi connectivity index (χ2n) is 9.00. The van der Waals surface area contributed by atoms with Crippen LogP contribution in [0.2, 0.25) is 5.02 Å². The number of amides is 2. The van der Waals surface area contributed by atoms with E-state index >= 15 is 0 Å². The molecule has 0 fully saturated rings. The third-order valence-corrected chi connectivity index (χ3v) is 6.33. The van der Waals surface area contributed by atoms with Gasteiger partial charge in [0.25, 0.3) is 11.5 Å². The first-order valence-corrected chi connectivity index (χ1v) is 12.5. The molecule has 0 aliphatic carbocycles. The van der Waals surface area contributed by atoms with E-state index in [1.165, 1.54) is 16.9 Å². The third-order valence-electron chi connectivity index (χ3n) is 6.09. The molecule has 11 heteroatoms. The number of pyridine rings is 3. The van der Waals surface area contributed by atoms with Gasteiger partial charge in [-0.05, 0) is 47.5 Å². The van der Waals surface area contributed by atoms with Crippen LogP contribution in [-0.2, 0) is 30.8 Å². The Bertz CT molecular complexity index is 1730. The number of carbonyl (C=O) groups excluding carboxylic acids is 2. The van der Waals surface area contributed by atoms with E-state index in [1.807, 2.05) is 12.1 Å². The van der Waals surface area contributed by atoms with E-state index in [4.69, 9.17) is 17.3 Å². The maximum absolute atomic E-state index is 12.9. The molecule has 4 aromatic heterocycles. The van der Waals surface area contributed by atoms with Crippen molar-refractivity contribution < 1.29 is 9.59 Å². The molecule has 1 aromatic carbocycles. The van der Waals surface area contributed by atoms with Crippen molar-refractivity contribution in [3.05, 3.63) is 123 Å². The number of aromatic nitrogens is 5. The number of benzene rings is 1. The van der Waals surface area contributed by atoms with E-state index in [-0.39, 0.29) is 24.6 Å². The zero-order chi connectivity index (χ0) is 27.4.